The van der Waals surface area contributed by atoms with Gasteiger partial charge in [0.1, 0.15) is 17.3 Å². The number of nitrogens with zero attached hydrogens (tertiary/aromatic N) is 4. The van der Waals surface area contributed by atoms with Gasteiger partial charge in [-0.2, -0.15) is 0 Å². The van der Waals surface area contributed by atoms with E-state index in [-0.39, 0.29) is 5.82 Å². The van der Waals surface area contributed by atoms with Gasteiger partial charge in [-0.05, 0) is 56.1 Å². The van der Waals surface area contributed by atoms with Gasteiger partial charge < -0.3 is 4.90 Å². The number of rotatable bonds is 6. The van der Waals surface area contributed by atoms with Gasteiger partial charge in [0.25, 0.3) is 0 Å². The molecule has 1 aliphatic heterocycles. The Kier molecular flexibility index (Phi) is 6.17. The number of thiazole rings is 1. The molecule has 0 atom stereocenters. The number of aromatic nitrogens is 3. The molecular formula is C24H25FN4OS2. The van der Waals surface area contributed by atoms with Crippen molar-refractivity contribution in [1.82, 2.24) is 19.4 Å². The van der Waals surface area contributed by atoms with Gasteiger partial charge in [0.2, 0.25) is 0 Å². The number of hydrogen-bond acceptors (Lipinski definition) is 5. The molecule has 1 saturated heterocycles. The lowest BCUT2D eigenvalue weighted by Gasteiger charge is -2.30. The second-order valence-electron chi connectivity index (χ2n) is 8.26. The molecule has 0 saturated carbocycles. The third-order valence-electron chi connectivity index (χ3n) is 6.24. The van der Waals surface area contributed by atoms with E-state index in [1.54, 1.807) is 17.4 Å². The zero-order chi connectivity index (χ0) is 22.1. The average Bonchev–Trinajstić information content (AvgIpc) is 3.45. The number of likely N-dealkylation sites (N-methyl/N-ethyl adjacent to an activating group) is 1. The molecule has 0 spiro atoms. The maximum Gasteiger partial charge on any atom is 0.149 e. The van der Waals surface area contributed by atoms with E-state index in [4.69, 9.17) is 4.98 Å². The van der Waals surface area contributed by atoms with Crippen molar-refractivity contribution in [2.45, 2.75) is 25.3 Å². The van der Waals surface area contributed by atoms with Gasteiger partial charge in [-0.25, -0.2) is 14.4 Å². The van der Waals surface area contributed by atoms with E-state index in [2.05, 4.69) is 29.2 Å². The van der Waals surface area contributed by atoms with Gasteiger partial charge in [-0.3, -0.25) is 8.78 Å². The molecule has 0 N–H and O–H groups in total. The van der Waals surface area contributed by atoms with Crippen molar-refractivity contribution in [1.29, 1.82) is 0 Å². The molecule has 0 radical (unpaired) electrons. The number of pyridine rings is 1. The summed E-state index contributed by atoms with van der Waals surface area (Å²) in [6, 6.07) is 11.1. The number of benzene rings is 1. The Morgan fingerprint density at radius 2 is 2.09 bits per heavy atom. The minimum absolute atomic E-state index is 0.269. The lowest BCUT2D eigenvalue weighted by atomic mass is 10.1. The average molecular weight is 469 g/mol. The zero-order valence-corrected chi connectivity index (χ0v) is 19.5. The molecule has 0 bridgehead atoms. The van der Waals surface area contributed by atoms with Gasteiger partial charge in [0.05, 0.1) is 11.2 Å². The van der Waals surface area contributed by atoms with Gasteiger partial charge in [-0.1, -0.05) is 12.1 Å². The molecule has 0 unspecified atom stereocenters. The predicted molar refractivity (Wildman–Crippen MR) is 129 cm³/mol. The normalized spacial score (nSPS) is 19.1. The highest BCUT2D eigenvalue weighted by atomic mass is 32.2. The minimum Gasteiger partial charge on any atom is -0.303 e. The standard InChI is InChI=1S/C24H25FN4OS2/c1-28(20-8-11-32(30)12-9-20)10-7-18-14-29(23-15-31-16-26-23)24-21(18)5-6-22(27-24)17-3-2-4-19(25)13-17/h2-6,13-16,20H,7-12H2,1H3. The highest BCUT2D eigenvalue weighted by Gasteiger charge is 2.22. The van der Waals surface area contributed by atoms with Crippen molar-refractivity contribution in [3.8, 4) is 17.1 Å². The van der Waals surface area contributed by atoms with Gasteiger partial charge in [0, 0.05) is 57.4 Å². The third kappa shape index (κ3) is 4.40. The topological polar surface area (TPSA) is 51.0 Å². The first kappa shape index (κ1) is 21.4. The fourth-order valence-corrected chi connectivity index (χ4v) is 6.18. The molecule has 32 heavy (non-hydrogen) atoms. The van der Waals surface area contributed by atoms with Crippen LogP contribution < -0.4 is 0 Å². The van der Waals surface area contributed by atoms with Gasteiger partial charge in [-0.15, -0.1) is 11.3 Å². The van der Waals surface area contributed by atoms with E-state index in [1.165, 1.54) is 17.7 Å². The number of fused-ring (bicyclic) bond motifs is 1. The highest BCUT2D eigenvalue weighted by Crippen LogP contribution is 2.28. The van der Waals surface area contributed by atoms with Crippen LogP contribution in [0.1, 0.15) is 18.4 Å². The Bertz CT molecular complexity index is 1240. The Morgan fingerprint density at radius 3 is 2.84 bits per heavy atom. The van der Waals surface area contributed by atoms with Gasteiger partial charge >= 0.3 is 0 Å². The largest absolute Gasteiger partial charge is 0.303 e. The van der Waals surface area contributed by atoms with Crippen LogP contribution in [0.5, 0.6) is 0 Å². The first-order valence-corrected chi connectivity index (χ1v) is 13.2. The van der Waals surface area contributed by atoms with E-state index < -0.39 is 10.8 Å². The van der Waals surface area contributed by atoms with Crippen LogP contribution in [0.2, 0.25) is 0 Å². The van der Waals surface area contributed by atoms with Crippen LogP contribution >= 0.6 is 11.3 Å². The summed E-state index contributed by atoms with van der Waals surface area (Å²) in [5, 5.41) is 3.10. The Hall–Kier alpha value is -2.42. The fourth-order valence-electron chi connectivity index (χ4n) is 4.38. The summed E-state index contributed by atoms with van der Waals surface area (Å²) >= 11 is 1.55. The monoisotopic (exact) mass is 468 g/mol. The number of hydrogen-bond donors (Lipinski definition) is 0. The summed E-state index contributed by atoms with van der Waals surface area (Å²) < 4.78 is 27.5. The van der Waals surface area contributed by atoms with Crippen LogP contribution in [0.25, 0.3) is 28.1 Å². The van der Waals surface area contributed by atoms with Crippen molar-refractivity contribution < 1.29 is 8.60 Å². The molecule has 5 nitrogen and oxygen atoms in total. The van der Waals surface area contributed by atoms with E-state index in [0.29, 0.717) is 6.04 Å². The molecule has 0 amide bonds. The van der Waals surface area contributed by atoms with Crippen molar-refractivity contribution in [2.24, 2.45) is 0 Å². The summed E-state index contributed by atoms with van der Waals surface area (Å²) in [5.74, 6) is 2.20. The van der Waals surface area contributed by atoms with Crippen molar-refractivity contribution in [3.63, 3.8) is 0 Å². The lowest BCUT2D eigenvalue weighted by Crippen LogP contribution is -2.38. The molecule has 1 aliphatic rings. The summed E-state index contributed by atoms with van der Waals surface area (Å²) in [6.07, 6.45) is 5.03. The molecule has 5 rings (SSSR count). The predicted octanol–water partition coefficient (Wildman–Crippen LogP) is 4.67. The SMILES string of the molecule is CN(CCc1cn(-c2cscn2)c2nc(-c3cccc(F)c3)ccc12)C1CCS(=O)CC1. The van der Waals surface area contributed by atoms with Crippen molar-refractivity contribution in [3.05, 3.63) is 64.9 Å². The van der Waals surface area contributed by atoms with Crippen LogP contribution in [0, 0.1) is 5.82 Å². The molecule has 4 heterocycles. The Morgan fingerprint density at radius 1 is 1.25 bits per heavy atom. The van der Waals surface area contributed by atoms with Crippen LogP contribution in [0.15, 0.2) is 53.5 Å². The molecule has 1 aromatic carbocycles. The van der Waals surface area contributed by atoms with E-state index >= 15 is 0 Å². The first-order valence-electron chi connectivity index (χ1n) is 10.8. The summed E-state index contributed by atoms with van der Waals surface area (Å²) in [7, 11) is 1.53. The second kappa shape index (κ2) is 9.21. The molecule has 3 aromatic heterocycles. The summed E-state index contributed by atoms with van der Waals surface area (Å²) in [4.78, 5) is 11.8. The highest BCUT2D eigenvalue weighted by molar-refractivity contribution is 7.85. The quantitative estimate of drug-likeness (QED) is 0.413. The maximum absolute atomic E-state index is 13.8. The van der Waals surface area contributed by atoms with E-state index in [0.717, 1.165) is 65.4 Å². The molecule has 0 aliphatic carbocycles. The summed E-state index contributed by atoms with van der Waals surface area (Å²) in [6.45, 7) is 0.930. The van der Waals surface area contributed by atoms with E-state index in [9.17, 15) is 8.60 Å². The van der Waals surface area contributed by atoms with Crippen molar-refractivity contribution >= 4 is 33.2 Å². The first-order chi connectivity index (χ1) is 15.6. The summed E-state index contributed by atoms with van der Waals surface area (Å²) in [5.41, 5.74) is 5.37. The Balaban J connectivity index is 1.46. The van der Waals surface area contributed by atoms with Crippen LogP contribution in [0.4, 0.5) is 4.39 Å². The third-order valence-corrected chi connectivity index (χ3v) is 8.19. The Labute approximate surface area is 193 Å². The maximum atomic E-state index is 13.8. The van der Waals surface area contributed by atoms with Gasteiger partial charge in [0.15, 0.2) is 0 Å². The number of halogens is 1. The van der Waals surface area contributed by atoms with Crippen LogP contribution in [-0.4, -0.2) is 54.8 Å². The molecular weight excluding hydrogens is 443 g/mol. The zero-order valence-electron chi connectivity index (χ0n) is 17.9. The van der Waals surface area contributed by atoms with Crippen molar-refractivity contribution in [2.75, 3.05) is 25.1 Å². The van der Waals surface area contributed by atoms with Crippen LogP contribution in [-0.2, 0) is 17.2 Å². The molecule has 4 aromatic rings. The van der Waals surface area contributed by atoms with Crippen LogP contribution in [0.3, 0.4) is 0 Å². The smallest absolute Gasteiger partial charge is 0.149 e. The van der Waals surface area contributed by atoms with E-state index in [1.807, 2.05) is 27.6 Å². The minimum atomic E-state index is -0.637. The fraction of sp³-hybridized carbons (Fsp3) is 0.333. The molecule has 1 fully saturated rings. The lowest BCUT2D eigenvalue weighted by molar-refractivity contribution is 0.231. The molecule has 8 heteroatoms. The second-order valence-corrected chi connectivity index (χ2v) is 10.7. The molecule has 166 valence electrons.